The Morgan fingerprint density at radius 3 is 2.16 bits per heavy atom. The van der Waals surface area contributed by atoms with E-state index in [1.165, 1.54) is 58.0 Å². The highest BCUT2D eigenvalue weighted by molar-refractivity contribution is 14.0. The summed E-state index contributed by atoms with van der Waals surface area (Å²) in [4.78, 5) is 24.1. The van der Waals surface area contributed by atoms with Crippen LogP contribution in [0.15, 0.2) is 4.99 Å². The second-order valence-corrected chi connectivity index (χ2v) is 9.69. The van der Waals surface area contributed by atoms with Gasteiger partial charge in [0.1, 0.15) is 0 Å². The van der Waals surface area contributed by atoms with E-state index in [1.807, 2.05) is 7.05 Å². The number of rotatable bonds is 6. The predicted molar refractivity (Wildman–Crippen MR) is 137 cm³/mol. The fraction of sp³-hybridized carbons (Fsp3) is 0.913. The van der Waals surface area contributed by atoms with Gasteiger partial charge in [0.25, 0.3) is 0 Å². The first-order chi connectivity index (χ1) is 14.7. The second kappa shape index (κ2) is 12.6. The van der Waals surface area contributed by atoms with E-state index in [0.717, 1.165) is 64.1 Å². The zero-order valence-electron chi connectivity index (χ0n) is 19.4. The molecule has 0 spiro atoms. The van der Waals surface area contributed by atoms with Gasteiger partial charge in [-0.05, 0) is 38.5 Å². The minimum atomic E-state index is 0. The summed E-state index contributed by atoms with van der Waals surface area (Å²) in [7, 11) is 1.87. The van der Waals surface area contributed by atoms with Crippen LogP contribution < -0.4 is 10.6 Å². The van der Waals surface area contributed by atoms with Crippen molar-refractivity contribution in [2.45, 2.75) is 69.9 Å². The topological polar surface area (TPSA) is 63.2 Å². The van der Waals surface area contributed by atoms with Crippen LogP contribution in [0.4, 0.5) is 0 Å². The van der Waals surface area contributed by atoms with Crippen molar-refractivity contribution in [1.29, 1.82) is 0 Å². The van der Waals surface area contributed by atoms with Gasteiger partial charge in [0, 0.05) is 77.4 Å². The number of hydrogen-bond acceptors (Lipinski definition) is 4. The van der Waals surface area contributed by atoms with Crippen molar-refractivity contribution < 1.29 is 4.79 Å². The summed E-state index contributed by atoms with van der Waals surface area (Å²) in [5.74, 6) is 1.67. The Bertz CT molecular complexity index is 577. The lowest BCUT2D eigenvalue weighted by atomic mass is 9.84. The van der Waals surface area contributed by atoms with E-state index < -0.39 is 0 Å². The first-order valence-corrected chi connectivity index (χ1v) is 12.5. The van der Waals surface area contributed by atoms with Gasteiger partial charge in [-0.3, -0.25) is 14.7 Å². The lowest BCUT2D eigenvalue weighted by molar-refractivity contribution is -0.139. The molecule has 4 fully saturated rings. The van der Waals surface area contributed by atoms with Crippen LogP contribution in [-0.4, -0.2) is 98.1 Å². The number of guanidine groups is 1. The second-order valence-electron chi connectivity index (χ2n) is 9.69. The molecule has 0 aromatic rings. The summed E-state index contributed by atoms with van der Waals surface area (Å²) >= 11 is 0. The van der Waals surface area contributed by atoms with Crippen LogP contribution >= 0.6 is 24.0 Å². The molecule has 2 aliphatic heterocycles. The Labute approximate surface area is 205 Å². The number of piperazine rings is 1. The number of carbonyl (C=O) groups is 1. The zero-order valence-corrected chi connectivity index (χ0v) is 21.7. The molecule has 0 radical (unpaired) electrons. The molecule has 178 valence electrons. The fourth-order valence-corrected chi connectivity index (χ4v) is 5.50. The molecule has 0 aromatic heterocycles. The largest absolute Gasteiger partial charge is 0.355 e. The molecular weight excluding hydrogens is 503 g/mol. The third kappa shape index (κ3) is 6.93. The molecule has 7 nitrogen and oxygen atoms in total. The number of hydrogen-bond donors (Lipinski definition) is 2. The average Bonchev–Trinajstić information content (AvgIpc) is 3.27. The summed E-state index contributed by atoms with van der Waals surface area (Å²) < 4.78 is 0. The van der Waals surface area contributed by atoms with E-state index in [4.69, 9.17) is 0 Å². The van der Waals surface area contributed by atoms with E-state index in [0.29, 0.717) is 17.9 Å². The number of halogens is 1. The van der Waals surface area contributed by atoms with Crippen LogP contribution in [0.5, 0.6) is 0 Å². The molecule has 31 heavy (non-hydrogen) atoms. The molecule has 2 aliphatic carbocycles. The van der Waals surface area contributed by atoms with E-state index in [2.05, 4.69) is 30.3 Å². The summed E-state index contributed by atoms with van der Waals surface area (Å²) in [6.45, 7) is 8.12. The van der Waals surface area contributed by atoms with Crippen LogP contribution in [0.1, 0.15) is 57.8 Å². The van der Waals surface area contributed by atoms with Gasteiger partial charge in [-0.2, -0.15) is 0 Å². The Kier molecular flexibility index (Phi) is 10.2. The highest BCUT2D eigenvalue weighted by Gasteiger charge is 2.31. The molecule has 8 heteroatoms. The SMILES string of the molecule is CN=C(NCCN1CCN(C(=O)C2CCC2)CC1)NC1CCN(C2CCCC2)CC1.I. The molecule has 2 heterocycles. The van der Waals surface area contributed by atoms with Gasteiger partial charge in [-0.15, -0.1) is 24.0 Å². The first kappa shape index (κ1) is 25.0. The van der Waals surface area contributed by atoms with E-state index in [1.54, 1.807) is 0 Å². The molecular formula is C23H43IN6O. The maximum atomic E-state index is 12.4. The molecule has 4 rings (SSSR count). The zero-order chi connectivity index (χ0) is 20.8. The predicted octanol–water partition coefficient (Wildman–Crippen LogP) is 2.12. The first-order valence-electron chi connectivity index (χ1n) is 12.5. The summed E-state index contributed by atoms with van der Waals surface area (Å²) in [6, 6.07) is 1.39. The standard InChI is InChI=1S/C23H42N6O.HI/c1-24-23(26-20-9-12-28(13-10-20)21-7-2-3-8-21)25-11-14-27-15-17-29(18-16-27)22(30)19-5-4-6-19;/h19-21H,2-18H2,1H3,(H2,24,25,26);1H. The number of nitrogens with one attached hydrogen (secondary N) is 2. The highest BCUT2D eigenvalue weighted by atomic mass is 127. The van der Waals surface area contributed by atoms with Crippen molar-refractivity contribution in [3.8, 4) is 0 Å². The van der Waals surface area contributed by atoms with E-state index in [9.17, 15) is 4.79 Å². The van der Waals surface area contributed by atoms with Crippen LogP contribution in [0.3, 0.4) is 0 Å². The van der Waals surface area contributed by atoms with E-state index >= 15 is 0 Å². The maximum Gasteiger partial charge on any atom is 0.225 e. The number of nitrogens with zero attached hydrogens (tertiary/aromatic N) is 4. The Balaban J connectivity index is 0.00000272. The van der Waals surface area contributed by atoms with Crippen molar-refractivity contribution in [1.82, 2.24) is 25.3 Å². The Morgan fingerprint density at radius 1 is 0.903 bits per heavy atom. The van der Waals surface area contributed by atoms with Crippen molar-refractivity contribution in [3.05, 3.63) is 0 Å². The molecule has 0 unspecified atom stereocenters. The van der Waals surface area contributed by atoms with Gasteiger partial charge >= 0.3 is 0 Å². The Morgan fingerprint density at radius 2 is 1.58 bits per heavy atom. The normalized spacial score (nSPS) is 25.2. The van der Waals surface area contributed by atoms with Crippen molar-refractivity contribution in [2.24, 2.45) is 10.9 Å². The minimum absolute atomic E-state index is 0. The molecule has 0 bridgehead atoms. The number of carbonyl (C=O) groups excluding carboxylic acids is 1. The quantitative estimate of drug-likeness (QED) is 0.304. The van der Waals surface area contributed by atoms with Gasteiger partial charge in [-0.25, -0.2) is 0 Å². The van der Waals surface area contributed by atoms with Crippen LogP contribution in [0, 0.1) is 5.92 Å². The molecule has 2 saturated heterocycles. The van der Waals surface area contributed by atoms with E-state index in [-0.39, 0.29) is 24.0 Å². The maximum absolute atomic E-state index is 12.4. The Hall–Kier alpha value is -0.610. The number of aliphatic imine (C=N–C) groups is 1. The third-order valence-electron chi connectivity index (χ3n) is 7.79. The van der Waals surface area contributed by atoms with Gasteiger partial charge in [0.15, 0.2) is 5.96 Å². The van der Waals surface area contributed by atoms with Crippen LogP contribution in [0.25, 0.3) is 0 Å². The van der Waals surface area contributed by atoms with Gasteiger partial charge < -0.3 is 20.4 Å². The molecule has 1 amide bonds. The third-order valence-corrected chi connectivity index (χ3v) is 7.79. The smallest absolute Gasteiger partial charge is 0.225 e. The highest BCUT2D eigenvalue weighted by Crippen LogP contribution is 2.28. The van der Waals surface area contributed by atoms with Crippen LogP contribution in [0.2, 0.25) is 0 Å². The van der Waals surface area contributed by atoms with Crippen molar-refractivity contribution in [3.63, 3.8) is 0 Å². The number of likely N-dealkylation sites (tertiary alicyclic amines) is 1. The minimum Gasteiger partial charge on any atom is -0.355 e. The molecule has 4 aliphatic rings. The lowest BCUT2D eigenvalue weighted by Crippen LogP contribution is -2.53. The van der Waals surface area contributed by atoms with Gasteiger partial charge in [0.2, 0.25) is 5.91 Å². The fourth-order valence-electron chi connectivity index (χ4n) is 5.50. The van der Waals surface area contributed by atoms with Crippen LogP contribution in [-0.2, 0) is 4.79 Å². The van der Waals surface area contributed by atoms with Gasteiger partial charge in [-0.1, -0.05) is 19.3 Å². The number of amides is 1. The van der Waals surface area contributed by atoms with Gasteiger partial charge in [0.05, 0.1) is 0 Å². The molecule has 0 aromatic carbocycles. The van der Waals surface area contributed by atoms with Crippen molar-refractivity contribution >= 4 is 35.8 Å². The molecule has 0 atom stereocenters. The summed E-state index contributed by atoms with van der Waals surface area (Å²) in [5, 5.41) is 7.15. The molecule has 2 saturated carbocycles. The molecule has 2 N–H and O–H groups in total. The van der Waals surface area contributed by atoms with Crippen molar-refractivity contribution in [2.75, 3.05) is 59.4 Å². The summed E-state index contributed by atoms with van der Waals surface area (Å²) in [6.07, 6.45) is 11.5. The summed E-state index contributed by atoms with van der Waals surface area (Å²) in [5.41, 5.74) is 0. The average molecular weight is 547 g/mol. The lowest BCUT2D eigenvalue weighted by Gasteiger charge is -2.38. The monoisotopic (exact) mass is 546 g/mol. The number of piperidine rings is 1.